The van der Waals surface area contributed by atoms with Crippen molar-refractivity contribution in [2.45, 2.75) is 43.5 Å². The Morgan fingerprint density at radius 1 is 1.00 bits per heavy atom. The average Bonchev–Trinajstić information content (AvgIpc) is 3.35. The smallest absolute Gasteiger partial charge is 0.244 e. The first-order valence-corrected chi connectivity index (χ1v) is 13.8. The molecule has 1 saturated heterocycles. The van der Waals surface area contributed by atoms with Gasteiger partial charge in [-0.05, 0) is 36.8 Å². The maximum absolute atomic E-state index is 13.2. The molecule has 0 aromatic heterocycles. The second kappa shape index (κ2) is 7.15. The molecule has 2 aromatic carbocycles. The van der Waals surface area contributed by atoms with Gasteiger partial charge >= 0.3 is 0 Å². The highest BCUT2D eigenvalue weighted by Gasteiger charge is 2.55. The van der Waals surface area contributed by atoms with Gasteiger partial charge in [0.1, 0.15) is 19.9 Å². The highest BCUT2D eigenvalue weighted by molar-refractivity contribution is 7.89. The Morgan fingerprint density at radius 2 is 1.59 bits per heavy atom. The number of methoxy groups -OCH3 is 1. The van der Waals surface area contributed by atoms with E-state index in [-0.39, 0.29) is 12.1 Å². The van der Waals surface area contributed by atoms with E-state index < -0.39 is 18.1 Å². The van der Waals surface area contributed by atoms with Crippen molar-refractivity contribution in [1.82, 2.24) is 4.31 Å². The maximum Gasteiger partial charge on any atom is 0.244 e. The first-order valence-electron chi connectivity index (χ1n) is 8.90. The van der Waals surface area contributed by atoms with Crippen molar-refractivity contribution in [3.05, 3.63) is 59.7 Å². The van der Waals surface area contributed by atoms with Crippen molar-refractivity contribution < 1.29 is 13.2 Å². The molecule has 1 aliphatic heterocycles. The molecular formula is C21H25NO3SSi. The van der Waals surface area contributed by atoms with Crippen LogP contribution in [0.5, 0.6) is 5.75 Å². The van der Waals surface area contributed by atoms with E-state index in [2.05, 4.69) is 31.1 Å². The summed E-state index contributed by atoms with van der Waals surface area (Å²) >= 11 is 0. The third-order valence-corrected chi connectivity index (χ3v) is 7.18. The highest BCUT2D eigenvalue weighted by Crippen LogP contribution is 2.47. The Labute approximate surface area is 163 Å². The maximum atomic E-state index is 13.2. The number of sulfonamides is 1. The van der Waals surface area contributed by atoms with Crippen LogP contribution in [0.25, 0.3) is 0 Å². The van der Waals surface area contributed by atoms with E-state index in [0.29, 0.717) is 4.90 Å². The lowest BCUT2D eigenvalue weighted by Gasteiger charge is -2.07. The van der Waals surface area contributed by atoms with Crippen LogP contribution in [0.1, 0.15) is 17.2 Å². The molecule has 1 fully saturated rings. The first-order chi connectivity index (χ1) is 12.6. The predicted molar refractivity (Wildman–Crippen MR) is 111 cm³/mol. The lowest BCUT2D eigenvalue weighted by molar-refractivity contribution is 0.414. The van der Waals surface area contributed by atoms with Crippen LogP contribution >= 0.6 is 0 Å². The van der Waals surface area contributed by atoms with Gasteiger partial charge in [0.15, 0.2) is 0 Å². The zero-order chi connectivity index (χ0) is 19.8. The van der Waals surface area contributed by atoms with Gasteiger partial charge in [-0.25, -0.2) is 8.42 Å². The van der Waals surface area contributed by atoms with Gasteiger partial charge in [-0.3, -0.25) is 0 Å². The normalized spacial score (nSPS) is 21.9. The minimum absolute atomic E-state index is 0.258. The molecule has 3 atom stereocenters. The molecular weight excluding hydrogens is 374 g/mol. The Bertz CT molecular complexity index is 981. The lowest BCUT2D eigenvalue weighted by atomic mass is 10.1. The number of benzene rings is 2. The van der Waals surface area contributed by atoms with Crippen LogP contribution in [0.15, 0.2) is 53.4 Å². The fourth-order valence-corrected chi connectivity index (χ4v) is 5.16. The van der Waals surface area contributed by atoms with Gasteiger partial charge in [0.05, 0.1) is 18.0 Å². The van der Waals surface area contributed by atoms with Crippen LogP contribution in [-0.4, -0.2) is 33.9 Å². The minimum Gasteiger partial charge on any atom is -0.497 e. The van der Waals surface area contributed by atoms with Crippen LogP contribution in [0.3, 0.4) is 0 Å². The summed E-state index contributed by atoms with van der Waals surface area (Å²) in [6.07, 6.45) is 0. The molecule has 0 saturated carbocycles. The second-order valence-corrected chi connectivity index (χ2v) is 14.4. The Hall–Kier alpha value is -2.07. The predicted octanol–water partition coefficient (Wildman–Crippen LogP) is 4.00. The third-order valence-electron chi connectivity index (χ3n) is 4.41. The molecule has 1 heterocycles. The Kier molecular flexibility index (Phi) is 5.22. The van der Waals surface area contributed by atoms with Crippen molar-refractivity contribution >= 4 is 18.1 Å². The molecule has 0 radical (unpaired) electrons. The van der Waals surface area contributed by atoms with Gasteiger partial charge in [-0.2, -0.15) is 4.31 Å². The van der Waals surface area contributed by atoms with Crippen LogP contribution in [0, 0.1) is 18.4 Å². The van der Waals surface area contributed by atoms with Crippen molar-refractivity contribution in [2.75, 3.05) is 7.11 Å². The van der Waals surface area contributed by atoms with Gasteiger partial charge in [-0.1, -0.05) is 55.4 Å². The van der Waals surface area contributed by atoms with E-state index in [1.165, 1.54) is 4.31 Å². The quantitative estimate of drug-likeness (QED) is 0.443. The molecule has 0 N–H and O–H groups in total. The van der Waals surface area contributed by atoms with E-state index in [1.807, 2.05) is 43.3 Å². The minimum atomic E-state index is -3.60. The van der Waals surface area contributed by atoms with E-state index in [1.54, 1.807) is 19.2 Å². The summed E-state index contributed by atoms with van der Waals surface area (Å²) in [5.74, 6) is 3.99. The molecule has 0 bridgehead atoms. The lowest BCUT2D eigenvalue weighted by Crippen LogP contribution is -2.18. The van der Waals surface area contributed by atoms with Crippen molar-refractivity contribution in [1.29, 1.82) is 0 Å². The number of hydrogen-bond donors (Lipinski definition) is 0. The number of aryl methyl sites for hydroxylation is 1. The first kappa shape index (κ1) is 19.7. The van der Waals surface area contributed by atoms with Crippen LogP contribution < -0.4 is 4.74 Å². The molecule has 0 amide bonds. The fourth-order valence-electron chi connectivity index (χ4n) is 2.91. The molecule has 1 unspecified atom stereocenters. The number of hydrogen-bond acceptors (Lipinski definition) is 3. The van der Waals surface area contributed by atoms with Gasteiger partial charge < -0.3 is 4.74 Å². The van der Waals surface area contributed by atoms with Gasteiger partial charge in [0, 0.05) is 0 Å². The fraction of sp³-hybridized carbons (Fsp3) is 0.333. The summed E-state index contributed by atoms with van der Waals surface area (Å²) in [4.78, 5) is 0.309. The second-order valence-electron chi connectivity index (χ2n) is 7.83. The van der Waals surface area contributed by atoms with E-state index in [4.69, 9.17) is 4.74 Å². The number of rotatable bonds is 4. The molecule has 1 aliphatic rings. The van der Waals surface area contributed by atoms with Crippen molar-refractivity contribution in [2.24, 2.45) is 0 Å². The summed E-state index contributed by atoms with van der Waals surface area (Å²) in [5.41, 5.74) is 5.29. The van der Waals surface area contributed by atoms with Gasteiger partial charge in [0.2, 0.25) is 10.0 Å². The van der Waals surface area contributed by atoms with E-state index >= 15 is 0 Å². The van der Waals surface area contributed by atoms with Crippen LogP contribution in [0.4, 0.5) is 0 Å². The van der Waals surface area contributed by atoms with Crippen LogP contribution in [-0.2, 0) is 10.0 Å². The van der Waals surface area contributed by atoms with Crippen molar-refractivity contribution in [3.8, 4) is 17.2 Å². The summed E-state index contributed by atoms with van der Waals surface area (Å²) in [6.45, 7) is 8.41. The van der Waals surface area contributed by atoms with Gasteiger partial charge in [-0.15, -0.1) is 5.54 Å². The monoisotopic (exact) mass is 399 g/mol. The molecule has 4 nitrogen and oxygen atoms in total. The van der Waals surface area contributed by atoms with E-state index in [0.717, 1.165) is 16.9 Å². The number of ether oxygens (including phenoxy) is 1. The third kappa shape index (κ3) is 4.27. The molecule has 142 valence electrons. The largest absolute Gasteiger partial charge is 0.497 e. The Balaban J connectivity index is 1.98. The molecule has 27 heavy (non-hydrogen) atoms. The zero-order valence-corrected chi connectivity index (χ0v) is 18.2. The van der Waals surface area contributed by atoms with Gasteiger partial charge in [0.25, 0.3) is 0 Å². The molecule has 3 rings (SSSR count). The topological polar surface area (TPSA) is 46.4 Å². The molecule has 6 heteroatoms. The average molecular weight is 400 g/mol. The van der Waals surface area contributed by atoms with Crippen LogP contribution in [0.2, 0.25) is 19.6 Å². The molecule has 0 aliphatic carbocycles. The summed E-state index contributed by atoms with van der Waals surface area (Å²) in [7, 11) is -3.59. The number of nitrogens with zero attached hydrogens (tertiary/aromatic N) is 1. The summed E-state index contributed by atoms with van der Waals surface area (Å²) in [6, 6.07) is 13.9. The molecule has 2 aromatic rings. The molecule has 0 spiro atoms. The van der Waals surface area contributed by atoms with E-state index in [9.17, 15) is 8.42 Å². The summed E-state index contributed by atoms with van der Waals surface area (Å²) < 4.78 is 33.1. The SMILES string of the molecule is COc1ccc([C@@H]2[C@H](C#C[Si](C)(C)C)N2S(=O)(=O)c2ccc(C)cc2)cc1. The zero-order valence-electron chi connectivity index (χ0n) is 16.4. The highest BCUT2D eigenvalue weighted by atomic mass is 32.2. The van der Waals surface area contributed by atoms with Crippen molar-refractivity contribution in [3.63, 3.8) is 0 Å². The standard InChI is InChI=1S/C21H25NO3SSi/c1-16-6-12-19(13-7-16)26(23,24)22-20(14-15-27(3,4)5)21(22)17-8-10-18(25-2)11-9-17/h6-13,20-21H,1-5H3/t20-,21+,22?/m0/s1. The Morgan fingerprint density at radius 3 is 2.11 bits per heavy atom. The summed E-state index contributed by atoms with van der Waals surface area (Å²) in [5, 5.41) is 0.